The number of amides is 1. The third-order valence-corrected chi connectivity index (χ3v) is 5.08. The molecule has 2 aromatic carbocycles. The third kappa shape index (κ3) is 6.98. The largest absolute Gasteiger partial charge is 0.357 e. The van der Waals surface area contributed by atoms with Crippen LogP contribution >= 0.6 is 24.0 Å². The lowest BCUT2D eigenvalue weighted by Crippen LogP contribution is -2.52. The highest BCUT2D eigenvalue weighted by molar-refractivity contribution is 14.0. The SMILES string of the molecule is CCNC(=NCc1cccc(C(=O)NC)c1)N1CCN(Cc2ccccc2)CC1.I. The number of rotatable bonds is 6. The minimum Gasteiger partial charge on any atom is -0.357 e. The summed E-state index contributed by atoms with van der Waals surface area (Å²) in [5.74, 6) is 0.870. The first-order valence-corrected chi connectivity index (χ1v) is 10.3. The molecule has 0 saturated carbocycles. The number of halogens is 1. The molecular weight excluding hydrogens is 489 g/mol. The third-order valence-electron chi connectivity index (χ3n) is 5.08. The summed E-state index contributed by atoms with van der Waals surface area (Å²) in [6.07, 6.45) is 0. The van der Waals surface area contributed by atoms with Crippen molar-refractivity contribution in [2.45, 2.75) is 20.0 Å². The van der Waals surface area contributed by atoms with Gasteiger partial charge < -0.3 is 15.5 Å². The van der Waals surface area contributed by atoms with Crippen molar-refractivity contribution >= 4 is 35.8 Å². The molecule has 1 heterocycles. The molecule has 1 aliphatic rings. The maximum absolute atomic E-state index is 11.8. The molecule has 2 aromatic rings. The normalized spacial score (nSPS) is 14.7. The van der Waals surface area contributed by atoms with Crippen LogP contribution < -0.4 is 10.6 Å². The lowest BCUT2D eigenvalue weighted by atomic mass is 10.1. The Morgan fingerprint density at radius 1 is 1.00 bits per heavy atom. The second-order valence-corrected chi connectivity index (χ2v) is 7.20. The first kappa shape index (κ1) is 24.1. The molecule has 0 bridgehead atoms. The van der Waals surface area contributed by atoms with E-state index in [1.165, 1.54) is 5.56 Å². The summed E-state index contributed by atoms with van der Waals surface area (Å²) < 4.78 is 0. The fourth-order valence-electron chi connectivity index (χ4n) is 3.51. The summed E-state index contributed by atoms with van der Waals surface area (Å²) >= 11 is 0. The predicted molar refractivity (Wildman–Crippen MR) is 133 cm³/mol. The summed E-state index contributed by atoms with van der Waals surface area (Å²) in [6, 6.07) is 18.3. The van der Waals surface area contributed by atoms with Crippen LogP contribution in [0.4, 0.5) is 0 Å². The van der Waals surface area contributed by atoms with Crippen molar-refractivity contribution in [2.24, 2.45) is 4.99 Å². The van der Waals surface area contributed by atoms with E-state index < -0.39 is 0 Å². The number of nitrogens with zero attached hydrogens (tertiary/aromatic N) is 3. The van der Waals surface area contributed by atoms with E-state index in [0.717, 1.165) is 50.8 Å². The summed E-state index contributed by atoms with van der Waals surface area (Å²) in [6.45, 7) is 8.42. The lowest BCUT2D eigenvalue weighted by Gasteiger charge is -2.36. The van der Waals surface area contributed by atoms with Gasteiger partial charge in [-0.15, -0.1) is 24.0 Å². The second-order valence-electron chi connectivity index (χ2n) is 7.20. The molecule has 1 aliphatic heterocycles. The minimum absolute atomic E-state index is 0. The molecule has 6 nitrogen and oxygen atoms in total. The van der Waals surface area contributed by atoms with Crippen LogP contribution in [-0.4, -0.2) is 61.4 Å². The molecule has 1 saturated heterocycles. The van der Waals surface area contributed by atoms with Crippen LogP contribution in [0, 0.1) is 0 Å². The van der Waals surface area contributed by atoms with Crippen LogP contribution in [0.2, 0.25) is 0 Å². The molecule has 3 rings (SSSR count). The average molecular weight is 521 g/mol. The highest BCUT2D eigenvalue weighted by Crippen LogP contribution is 2.10. The number of hydrogen-bond donors (Lipinski definition) is 2. The molecule has 7 heteroatoms. The van der Waals surface area contributed by atoms with E-state index in [0.29, 0.717) is 12.1 Å². The summed E-state index contributed by atoms with van der Waals surface area (Å²) in [5.41, 5.74) is 3.06. The van der Waals surface area contributed by atoms with Gasteiger partial charge in [0.2, 0.25) is 0 Å². The van der Waals surface area contributed by atoms with E-state index in [9.17, 15) is 4.79 Å². The van der Waals surface area contributed by atoms with Crippen LogP contribution in [0.15, 0.2) is 59.6 Å². The molecule has 0 aromatic heterocycles. The van der Waals surface area contributed by atoms with E-state index in [2.05, 4.69) is 57.7 Å². The zero-order valence-corrected chi connectivity index (χ0v) is 20.1. The van der Waals surface area contributed by atoms with Crippen LogP contribution in [0.5, 0.6) is 0 Å². The van der Waals surface area contributed by atoms with Gasteiger partial charge in [0.15, 0.2) is 5.96 Å². The molecule has 0 atom stereocenters. The Balaban J connectivity index is 0.00000320. The van der Waals surface area contributed by atoms with Crippen molar-refractivity contribution in [3.63, 3.8) is 0 Å². The quantitative estimate of drug-likeness (QED) is 0.349. The summed E-state index contributed by atoms with van der Waals surface area (Å²) in [4.78, 5) is 21.5. The van der Waals surface area contributed by atoms with Crippen LogP contribution in [0.25, 0.3) is 0 Å². The van der Waals surface area contributed by atoms with Crippen molar-refractivity contribution in [2.75, 3.05) is 39.8 Å². The van der Waals surface area contributed by atoms with Crippen molar-refractivity contribution < 1.29 is 4.79 Å². The van der Waals surface area contributed by atoms with E-state index in [4.69, 9.17) is 4.99 Å². The zero-order chi connectivity index (χ0) is 20.5. The molecule has 1 fully saturated rings. The van der Waals surface area contributed by atoms with Gasteiger partial charge in [-0.25, -0.2) is 4.99 Å². The van der Waals surface area contributed by atoms with Crippen molar-refractivity contribution in [1.29, 1.82) is 0 Å². The van der Waals surface area contributed by atoms with Crippen molar-refractivity contribution in [3.05, 3.63) is 71.3 Å². The van der Waals surface area contributed by atoms with Crippen LogP contribution in [0.1, 0.15) is 28.4 Å². The molecule has 162 valence electrons. The molecule has 1 amide bonds. The zero-order valence-electron chi connectivity index (χ0n) is 17.8. The number of piperazine rings is 1. The number of benzene rings is 2. The number of carbonyl (C=O) groups is 1. The second kappa shape index (κ2) is 12.5. The first-order valence-electron chi connectivity index (χ1n) is 10.3. The van der Waals surface area contributed by atoms with Gasteiger partial charge in [0.1, 0.15) is 0 Å². The van der Waals surface area contributed by atoms with Gasteiger partial charge in [0.05, 0.1) is 6.54 Å². The molecule has 0 radical (unpaired) electrons. The summed E-state index contributed by atoms with van der Waals surface area (Å²) in [7, 11) is 1.65. The molecule has 2 N–H and O–H groups in total. The number of nitrogens with one attached hydrogen (secondary N) is 2. The topological polar surface area (TPSA) is 60.0 Å². The fraction of sp³-hybridized carbons (Fsp3) is 0.391. The van der Waals surface area contributed by atoms with E-state index in [-0.39, 0.29) is 29.9 Å². The number of carbonyl (C=O) groups excluding carboxylic acids is 1. The number of hydrogen-bond acceptors (Lipinski definition) is 3. The Morgan fingerprint density at radius 3 is 2.37 bits per heavy atom. The van der Waals surface area contributed by atoms with E-state index in [1.807, 2.05) is 24.3 Å². The Morgan fingerprint density at radius 2 is 1.70 bits per heavy atom. The van der Waals surface area contributed by atoms with Gasteiger partial charge in [0.25, 0.3) is 5.91 Å². The van der Waals surface area contributed by atoms with Gasteiger partial charge in [-0.3, -0.25) is 9.69 Å². The molecule has 0 spiro atoms. The van der Waals surface area contributed by atoms with E-state index in [1.54, 1.807) is 7.05 Å². The predicted octanol–water partition coefficient (Wildman–Crippen LogP) is 2.95. The summed E-state index contributed by atoms with van der Waals surface area (Å²) in [5, 5.41) is 6.08. The maximum Gasteiger partial charge on any atom is 0.251 e. The Hall–Kier alpha value is -2.13. The maximum atomic E-state index is 11.8. The Bertz CT molecular complexity index is 819. The molecule has 0 aliphatic carbocycles. The van der Waals surface area contributed by atoms with Crippen LogP contribution in [0.3, 0.4) is 0 Å². The van der Waals surface area contributed by atoms with Gasteiger partial charge in [-0.05, 0) is 30.2 Å². The monoisotopic (exact) mass is 521 g/mol. The average Bonchev–Trinajstić information content (AvgIpc) is 2.77. The Kier molecular flexibility index (Phi) is 10.1. The minimum atomic E-state index is -0.0720. The molecular formula is C23H32IN5O. The Labute approximate surface area is 196 Å². The smallest absolute Gasteiger partial charge is 0.251 e. The standard InChI is InChI=1S/C23H31N5O.HI/c1-3-25-23(26-17-20-10-7-11-21(16-20)22(29)24-2)28-14-12-27(13-15-28)18-19-8-5-4-6-9-19;/h4-11,16H,3,12-15,17-18H2,1-2H3,(H,24,29)(H,25,26);1H. The number of aliphatic imine (C=N–C) groups is 1. The van der Waals surface area contributed by atoms with Crippen LogP contribution in [-0.2, 0) is 13.1 Å². The highest BCUT2D eigenvalue weighted by Gasteiger charge is 2.19. The first-order chi connectivity index (χ1) is 14.2. The van der Waals surface area contributed by atoms with Gasteiger partial charge in [-0.2, -0.15) is 0 Å². The van der Waals surface area contributed by atoms with Crippen molar-refractivity contribution in [1.82, 2.24) is 20.4 Å². The van der Waals surface area contributed by atoms with E-state index >= 15 is 0 Å². The highest BCUT2D eigenvalue weighted by atomic mass is 127. The molecule has 30 heavy (non-hydrogen) atoms. The molecule has 0 unspecified atom stereocenters. The fourth-order valence-corrected chi connectivity index (χ4v) is 3.51. The number of guanidine groups is 1. The van der Waals surface area contributed by atoms with Crippen molar-refractivity contribution in [3.8, 4) is 0 Å². The van der Waals surface area contributed by atoms with Gasteiger partial charge in [0, 0.05) is 51.9 Å². The van der Waals surface area contributed by atoms with Gasteiger partial charge >= 0.3 is 0 Å². The lowest BCUT2D eigenvalue weighted by molar-refractivity contribution is 0.0963. The van der Waals surface area contributed by atoms with Gasteiger partial charge in [-0.1, -0.05) is 42.5 Å².